The van der Waals surface area contributed by atoms with Gasteiger partial charge in [0, 0.05) is 17.6 Å². The maximum atomic E-state index is 14.3. The summed E-state index contributed by atoms with van der Waals surface area (Å²) in [4.78, 5) is 11.3. The van der Waals surface area contributed by atoms with Crippen LogP contribution in [0.4, 0.5) is 4.39 Å². The molecule has 0 atom stereocenters. The van der Waals surface area contributed by atoms with Crippen LogP contribution in [0.3, 0.4) is 0 Å². The number of aromatic amines is 1. The van der Waals surface area contributed by atoms with Crippen molar-refractivity contribution in [3.63, 3.8) is 0 Å². The summed E-state index contributed by atoms with van der Waals surface area (Å²) >= 11 is 5.84. The maximum absolute atomic E-state index is 14.3. The van der Waals surface area contributed by atoms with E-state index in [1.807, 2.05) is 18.2 Å². The summed E-state index contributed by atoms with van der Waals surface area (Å²) < 4.78 is 14.3. The molecule has 0 aliphatic carbocycles. The minimum absolute atomic E-state index is 0.175. The number of imidazole rings is 1. The average Bonchev–Trinajstić information content (AvgIpc) is 3.07. The van der Waals surface area contributed by atoms with Crippen molar-refractivity contribution in [1.29, 1.82) is 0 Å². The van der Waals surface area contributed by atoms with E-state index in [4.69, 9.17) is 17.3 Å². The lowest BCUT2D eigenvalue weighted by Gasteiger charge is -2.06. The van der Waals surface area contributed by atoms with E-state index in [0.29, 0.717) is 23.6 Å². The van der Waals surface area contributed by atoms with Crippen LogP contribution in [0.25, 0.3) is 0 Å². The number of amidine groups is 1. The topological polar surface area (TPSA) is 67.1 Å². The quantitative estimate of drug-likeness (QED) is 0.548. The predicted octanol–water partition coefficient (Wildman–Crippen LogP) is 3.70. The summed E-state index contributed by atoms with van der Waals surface area (Å²) in [7, 11) is 0. The van der Waals surface area contributed by atoms with Gasteiger partial charge in [0.15, 0.2) is 0 Å². The molecular formula is C18H16ClFN4. The second-order valence-corrected chi connectivity index (χ2v) is 5.82. The normalized spacial score (nSPS) is 11.7. The minimum Gasteiger partial charge on any atom is -0.383 e. The van der Waals surface area contributed by atoms with Gasteiger partial charge in [-0.05, 0) is 35.4 Å². The van der Waals surface area contributed by atoms with E-state index in [1.54, 1.807) is 30.7 Å². The number of hydrogen-bond donors (Lipinski definition) is 2. The van der Waals surface area contributed by atoms with Gasteiger partial charge in [-0.3, -0.25) is 4.99 Å². The van der Waals surface area contributed by atoms with E-state index < -0.39 is 0 Å². The van der Waals surface area contributed by atoms with Crippen molar-refractivity contribution < 1.29 is 4.39 Å². The number of aromatic nitrogens is 2. The molecule has 122 valence electrons. The number of aliphatic imine (C=N–C) groups is 1. The van der Waals surface area contributed by atoms with Crippen LogP contribution in [0, 0.1) is 5.82 Å². The highest BCUT2D eigenvalue weighted by atomic mass is 35.5. The Hall–Kier alpha value is -2.66. The van der Waals surface area contributed by atoms with Crippen LogP contribution < -0.4 is 5.73 Å². The lowest BCUT2D eigenvalue weighted by Crippen LogP contribution is -2.16. The van der Waals surface area contributed by atoms with Gasteiger partial charge in [0.2, 0.25) is 0 Å². The van der Waals surface area contributed by atoms with Crippen LogP contribution in [0.15, 0.2) is 60.0 Å². The number of H-pyrrole nitrogens is 1. The Morgan fingerprint density at radius 2 is 1.92 bits per heavy atom. The van der Waals surface area contributed by atoms with Crippen LogP contribution in [-0.4, -0.2) is 15.8 Å². The fraction of sp³-hybridized carbons (Fsp3) is 0.111. The number of hydrogen-bond acceptors (Lipinski definition) is 2. The fourth-order valence-corrected chi connectivity index (χ4v) is 2.45. The van der Waals surface area contributed by atoms with Gasteiger partial charge in [0.1, 0.15) is 11.7 Å². The van der Waals surface area contributed by atoms with Crippen molar-refractivity contribution in [1.82, 2.24) is 9.97 Å². The third kappa shape index (κ3) is 4.00. The van der Waals surface area contributed by atoms with Gasteiger partial charge < -0.3 is 10.7 Å². The average molecular weight is 343 g/mol. The van der Waals surface area contributed by atoms with Crippen molar-refractivity contribution in [2.75, 3.05) is 0 Å². The number of nitrogens with one attached hydrogen (secondary N) is 1. The molecule has 4 nitrogen and oxygen atoms in total. The summed E-state index contributed by atoms with van der Waals surface area (Å²) in [6.07, 6.45) is 3.94. The fourth-order valence-electron chi connectivity index (χ4n) is 2.32. The Kier molecular flexibility index (Phi) is 4.91. The van der Waals surface area contributed by atoms with Gasteiger partial charge in [-0.25, -0.2) is 9.37 Å². The Labute approximate surface area is 144 Å². The van der Waals surface area contributed by atoms with E-state index in [1.165, 1.54) is 6.07 Å². The SMILES string of the molecule is NC(=NCc1ccc(Cl)cc1)c1ccc(Cc2c[nH]cn2)cc1F. The molecule has 3 N–H and O–H groups in total. The summed E-state index contributed by atoms with van der Waals surface area (Å²) in [5.41, 5.74) is 8.86. The molecule has 24 heavy (non-hydrogen) atoms. The molecule has 1 heterocycles. The van der Waals surface area contributed by atoms with Crippen LogP contribution in [0.5, 0.6) is 0 Å². The summed E-state index contributed by atoms with van der Waals surface area (Å²) in [6.45, 7) is 0.372. The zero-order valence-corrected chi connectivity index (χ0v) is 13.6. The lowest BCUT2D eigenvalue weighted by molar-refractivity contribution is 0.623. The molecule has 0 spiro atoms. The van der Waals surface area contributed by atoms with E-state index in [-0.39, 0.29) is 11.7 Å². The van der Waals surface area contributed by atoms with E-state index in [0.717, 1.165) is 16.8 Å². The Morgan fingerprint density at radius 1 is 1.17 bits per heavy atom. The number of rotatable bonds is 5. The molecule has 6 heteroatoms. The zero-order valence-electron chi connectivity index (χ0n) is 12.8. The highest BCUT2D eigenvalue weighted by Gasteiger charge is 2.08. The molecule has 0 fully saturated rings. The van der Waals surface area contributed by atoms with Crippen molar-refractivity contribution in [3.8, 4) is 0 Å². The smallest absolute Gasteiger partial charge is 0.134 e. The molecule has 0 radical (unpaired) electrons. The molecule has 3 rings (SSSR count). The predicted molar refractivity (Wildman–Crippen MR) is 93.7 cm³/mol. The Bertz CT molecular complexity index is 842. The highest BCUT2D eigenvalue weighted by Crippen LogP contribution is 2.14. The van der Waals surface area contributed by atoms with E-state index in [9.17, 15) is 4.39 Å². The molecule has 2 aromatic carbocycles. The molecule has 1 aromatic heterocycles. The van der Waals surface area contributed by atoms with Gasteiger partial charge in [0.05, 0.1) is 24.1 Å². The zero-order chi connectivity index (χ0) is 16.9. The van der Waals surface area contributed by atoms with Gasteiger partial charge >= 0.3 is 0 Å². The molecule has 0 amide bonds. The third-order valence-electron chi connectivity index (χ3n) is 3.59. The van der Waals surface area contributed by atoms with Gasteiger partial charge in [-0.15, -0.1) is 0 Å². The minimum atomic E-state index is -0.389. The standard InChI is InChI=1S/C18H16ClFN4/c19-14-4-1-12(2-5-14)9-23-18(21)16-6-3-13(8-17(16)20)7-15-10-22-11-24-15/h1-6,8,10-11H,7,9H2,(H2,21,23)(H,22,24). The second-order valence-electron chi connectivity index (χ2n) is 5.38. The lowest BCUT2D eigenvalue weighted by atomic mass is 10.1. The Balaban J connectivity index is 1.73. The molecule has 0 bridgehead atoms. The number of nitrogens with two attached hydrogens (primary N) is 1. The first-order valence-corrected chi connectivity index (χ1v) is 7.80. The number of halogens is 2. The maximum Gasteiger partial charge on any atom is 0.134 e. The van der Waals surface area contributed by atoms with Crippen LogP contribution in [0.2, 0.25) is 5.02 Å². The molecule has 3 aromatic rings. The van der Waals surface area contributed by atoms with Crippen molar-refractivity contribution in [3.05, 3.63) is 88.2 Å². The first-order valence-electron chi connectivity index (χ1n) is 7.42. The molecule has 0 unspecified atom stereocenters. The molecule has 0 aliphatic rings. The van der Waals surface area contributed by atoms with Crippen molar-refractivity contribution in [2.24, 2.45) is 10.7 Å². The van der Waals surface area contributed by atoms with Gasteiger partial charge in [-0.1, -0.05) is 29.8 Å². The molecule has 0 saturated carbocycles. The molecule has 0 saturated heterocycles. The summed E-state index contributed by atoms with van der Waals surface area (Å²) in [5, 5.41) is 0.661. The molecular weight excluding hydrogens is 327 g/mol. The molecule has 0 aliphatic heterocycles. The Morgan fingerprint density at radius 3 is 2.58 bits per heavy atom. The number of nitrogens with zero attached hydrogens (tertiary/aromatic N) is 2. The van der Waals surface area contributed by atoms with Crippen LogP contribution in [0.1, 0.15) is 22.4 Å². The van der Waals surface area contributed by atoms with Crippen LogP contribution in [-0.2, 0) is 13.0 Å². The monoisotopic (exact) mass is 342 g/mol. The second kappa shape index (κ2) is 7.27. The van der Waals surface area contributed by atoms with Crippen molar-refractivity contribution >= 4 is 17.4 Å². The first-order chi connectivity index (χ1) is 11.6. The first kappa shape index (κ1) is 16.2. The van der Waals surface area contributed by atoms with Crippen molar-refractivity contribution in [2.45, 2.75) is 13.0 Å². The highest BCUT2D eigenvalue weighted by molar-refractivity contribution is 6.30. The van der Waals surface area contributed by atoms with E-state index in [2.05, 4.69) is 15.0 Å². The van der Waals surface area contributed by atoms with Crippen LogP contribution >= 0.6 is 11.6 Å². The summed E-state index contributed by atoms with van der Waals surface area (Å²) in [6, 6.07) is 12.2. The van der Waals surface area contributed by atoms with E-state index >= 15 is 0 Å². The largest absolute Gasteiger partial charge is 0.383 e. The van der Waals surface area contributed by atoms with Gasteiger partial charge in [0.25, 0.3) is 0 Å². The summed E-state index contributed by atoms with van der Waals surface area (Å²) in [5.74, 6) is -0.214. The third-order valence-corrected chi connectivity index (χ3v) is 3.85. The number of benzene rings is 2. The van der Waals surface area contributed by atoms with Gasteiger partial charge in [-0.2, -0.15) is 0 Å².